The van der Waals surface area contributed by atoms with Crippen molar-refractivity contribution >= 4 is 17.3 Å². The number of anilines is 2. The van der Waals surface area contributed by atoms with Gasteiger partial charge in [-0.25, -0.2) is 8.78 Å². The van der Waals surface area contributed by atoms with Gasteiger partial charge in [0.25, 0.3) is 0 Å². The standard InChI is InChI=1S/C16H16F2N2O/c1-10-4-3-5-11(2)16(10)19-9-15(21)20-12-6-7-13(17)14(18)8-12/h3-8,19H,9H2,1-2H3,(H,20,21). The van der Waals surface area contributed by atoms with Crippen LogP contribution in [-0.2, 0) is 4.79 Å². The van der Waals surface area contributed by atoms with E-state index in [1.165, 1.54) is 6.07 Å². The molecule has 0 saturated heterocycles. The van der Waals surface area contributed by atoms with Crippen LogP contribution in [0.1, 0.15) is 11.1 Å². The Hall–Kier alpha value is -2.43. The van der Waals surface area contributed by atoms with E-state index in [-0.39, 0.29) is 18.1 Å². The van der Waals surface area contributed by atoms with E-state index in [2.05, 4.69) is 10.6 Å². The van der Waals surface area contributed by atoms with Crippen LogP contribution in [0.5, 0.6) is 0 Å². The van der Waals surface area contributed by atoms with Crippen LogP contribution in [0.2, 0.25) is 0 Å². The molecule has 0 fully saturated rings. The fourth-order valence-corrected chi connectivity index (χ4v) is 2.04. The van der Waals surface area contributed by atoms with Crippen LogP contribution < -0.4 is 10.6 Å². The minimum atomic E-state index is -0.990. The molecule has 2 aromatic carbocycles. The number of aryl methyl sites for hydroxylation is 2. The quantitative estimate of drug-likeness (QED) is 0.902. The average Bonchev–Trinajstić information content (AvgIpc) is 2.42. The SMILES string of the molecule is Cc1cccc(C)c1NCC(=O)Nc1ccc(F)c(F)c1. The Kier molecular flexibility index (Phi) is 4.52. The molecule has 0 atom stereocenters. The van der Waals surface area contributed by atoms with Gasteiger partial charge in [-0.3, -0.25) is 4.79 Å². The van der Waals surface area contributed by atoms with E-state index in [4.69, 9.17) is 0 Å². The number of carbonyl (C=O) groups excluding carboxylic acids is 1. The molecule has 0 aromatic heterocycles. The summed E-state index contributed by atoms with van der Waals surface area (Å²) in [5, 5.41) is 5.56. The minimum absolute atomic E-state index is 0.0463. The summed E-state index contributed by atoms with van der Waals surface area (Å²) in [5.74, 6) is -2.26. The third-order valence-corrected chi connectivity index (χ3v) is 3.11. The lowest BCUT2D eigenvalue weighted by atomic mass is 10.1. The van der Waals surface area contributed by atoms with Crippen molar-refractivity contribution in [2.45, 2.75) is 13.8 Å². The molecule has 110 valence electrons. The van der Waals surface area contributed by atoms with E-state index < -0.39 is 11.6 Å². The number of para-hydroxylation sites is 1. The smallest absolute Gasteiger partial charge is 0.243 e. The molecule has 0 aliphatic rings. The molecule has 2 rings (SSSR count). The van der Waals surface area contributed by atoms with Crippen LogP contribution in [0.25, 0.3) is 0 Å². The second kappa shape index (κ2) is 6.35. The second-order valence-corrected chi connectivity index (χ2v) is 4.80. The van der Waals surface area contributed by atoms with Crippen molar-refractivity contribution in [2.75, 3.05) is 17.2 Å². The van der Waals surface area contributed by atoms with Gasteiger partial charge in [-0.2, -0.15) is 0 Å². The zero-order valence-corrected chi connectivity index (χ0v) is 11.8. The Bertz CT molecular complexity index is 651. The zero-order valence-electron chi connectivity index (χ0n) is 11.8. The number of hydrogen-bond donors (Lipinski definition) is 2. The Morgan fingerprint density at radius 2 is 1.71 bits per heavy atom. The highest BCUT2D eigenvalue weighted by atomic mass is 19.2. The van der Waals surface area contributed by atoms with Gasteiger partial charge in [0.05, 0.1) is 6.54 Å². The predicted molar refractivity (Wildman–Crippen MR) is 79.4 cm³/mol. The average molecular weight is 290 g/mol. The summed E-state index contributed by atoms with van der Waals surface area (Å²) < 4.78 is 25.8. The number of nitrogens with one attached hydrogen (secondary N) is 2. The van der Waals surface area contributed by atoms with Crippen LogP contribution in [0, 0.1) is 25.5 Å². The monoisotopic (exact) mass is 290 g/mol. The minimum Gasteiger partial charge on any atom is -0.376 e. The van der Waals surface area contributed by atoms with Gasteiger partial charge in [-0.05, 0) is 37.1 Å². The van der Waals surface area contributed by atoms with Crippen LogP contribution in [-0.4, -0.2) is 12.5 Å². The first-order chi connectivity index (χ1) is 9.97. The fourth-order valence-electron chi connectivity index (χ4n) is 2.04. The first-order valence-electron chi connectivity index (χ1n) is 6.52. The van der Waals surface area contributed by atoms with E-state index in [9.17, 15) is 13.6 Å². The van der Waals surface area contributed by atoms with Crippen LogP contribution in [0.3, 0.4) is 0 Å². The summed E-state index contributed by atoms with van der Waals surface area (Å²) in [6.07, 6.45) is 0. The van der Waals surface area contributed by atoms with Gasteiger partial charge >= 0.3 is 0 Å². The lowest BCUT2D eigenvalue weighted by Gasteiger charge is -2.12. The number of halogens is 2. The Labute approximate surface area is 122 Å². The number of carbonyl (C=O) groups is 1. The fraction of sp³-hybridized carbons (Fsp3) is 0.188. The molecule has 2 aromatic rings. The van der Waals surface area contributed by atoms with E-state index >= 15 is 0 Å². The van der Waals surface area contributed by atoms with E-state index in [1.807, 2.05) is 32.0 Å². The summed E-state index contributed by atoms with van der Waals surface area (Å²) in [6.45, 7) is 3.94. The maximum Gasteiger partial charge on any atom is 0.243 e. The molecule has 1 amide bonds. The molecule has 0 bridgehead atoms. The van der Waals surface area contributed by atoms with Gasteiger partial charge in [-0.1, -0.05) is 18.2 Å². The number of amides is 1. The predicted octanol–water partition coefficient (Wildman–Crippen LogP) is 3.63. The molecule has 0 unspecified atom stereocenters. The van der Waals surface area contributed by atoms with Gasteiger partial charge in [-0.15, -0.1) is 0 Å². The molecule has 3 nitrogen and oxygen atoms in total. The van der Waals surface area contributed by atoms with Crippen molar-refractivity contribution in [3.8, 4) is 0 Å². The van der Waals surface area contributed by atoms with Crippen molar-refractivity contribution in [2.24, 2.45) is 0 Å². The van der Waals surface area contributed by atoms with Crippen molar-refractivity contribution in [3.63, 3.8) is 0 Å². The highest BCUT2D eigenvalue weighted by molar-refractivity contribution is 5.93. The summed E-state index contributed by atoms with van der Waals surface area (Å²) in [6, 6.07) is 9.08. The van der Waals surface area contributed by atoms with Crippen LogP contribution in [0.4, 0.5) is 20.2 Å². The highest BCUT2D eigenvalue weighted by Gasteiger charge is 2.07. The third kappa shape index (κ3) is 3.78. The van der Waals surface area contributed by atoms with Crippen molar-refractivity contribution in [1.29, 1.82) is 0 Å². The van der Waals surface area contributed by atoms with Gasteiger partial charge in [0.2, 0.25) is 5.91 Å². The molecule has 0 aliphatic carbocycles. The van der Waals surface area contributed by atoms with Crippen molar-refractivity contribution < 1.29 is 13.6 Å². The van der Waals surface area contributed by atoms with Gasteiger partial charge in [0.1, 0.15) is 0 Å². The second-order valence-electron chi connectivity index (χ2n) is 4.80. The topological polar surface area (TPSA) is 41.1 Å². The molecule has 0 saturated carbocycles. The molecule has 0 spiro atoms. The number of rotatable bonds is 4. The lowest BCUT2D eigenvalue weighted by molar-refractivity contribution is -0.114. The highest BCUT2D eigenvalue weighted by Crippen LogP contribution is 2.19. The lowest BCUT2D eigenvalue weighted by Crippen LogP contribution is -2.22. The number of benzene rings is 2. The van der Waals surface area contributed by atoms with E-state index in [0.29, 0.717) is 0 Å². The van der Waals surface area contributed by atoms with Crippen LogP contribution >= 0.6 is 0 Å². The summed E-state index contributed by atoms with van der Waals surface area (Å²) in [5.41, 5.74) is 3.20. The molecular formula is C16H16F2N2O. The number of hydrogen-bond acceptors (Lipinski definition) is 2. The van der Waals surface area contributed by atoms with Crippen LogP contribution in [0.15, 0.2) is 36.4 Å². The zero-order chi connectivity index (χ0) is 15.4. The summed E-state index contributed by atoms with van der Waals surface area (Å²) in [7, 11) is 0. The normalized spacial score (nSPS) is 10.3. The van der Waals surface area contributed by atoms with Crippen molar-refractivity contribution in [3.05, 3.63) is 59.2 Å². The van der Waals surface area contributed by atoms with E-state index in [1.54, 1.807) is 0 Å². The maximum atomic E-state index is 13.0. The summed E-state index contributed by atoms with van der Waals surface area (Å²) in [4.78, 5) is 11.8. The first-order valence-corrected chi connectivity index (χ1v) is 6.52. The Morgan fingerprint density at radius 3 is 2.33 bits per heavy atom. The molecular weight excluding hydrogens is 274 g/mol. The summed E-state index contributed by atoms with van der Waals surface area (Å²) >= 11 is 0. The van der Waals surface area contributed by atoms with Gasteiger partial charge in [0.15, 0.2) is 11.6 Å². The van der Waals surface area contributed by atoms with E-state index in [0.717, 1.165) is 28.9 Å². The molecule has 0 aliphatic heterocycles. The third-order valence-electron chi connectivity index (χ3n) is 3.11. The molecule has 2 N–H and O–H groups in total. The molecule has 21 heavy (non-hydrogen) atoms. The first kappa shape index (κ1) is 15.0. The Morgan fingerprint density at radius 1 is 1.05 bits per heavy atom. The Balaban J connectivity index is 1.97. The molecule has 0 heterocycles. The van der Waals surface area contributed by atoms with Gasteiger partial charge < -0.3 is 10.6 Å². The van der Waals surface area contributed by atoms with Crippen molar-refractivity contribution in [1.82, 2.24) is 0 Å². The molecule has 0 radical (unpaired) electrons. The molecule has 5 heteroatoms. The largest absolute Gasteiger partial charge is 0.376 e. The maximum absolute atomic E-state index is 13.0. The van der Waals surface area contributed by atoms with Gasteiger partial charge in [0, 0.05) is 17.4 Å².